The van der Waals surface area contributed by atoms with Crippen molar-refractivity contribution in [2.24, 2.45) is 10.7 Å². The number of hydrogen-bond acceptors (Lipinski definition) is 2. The molecule has 0 aromatic heterocycles. The molecule has 0 bridgehead atoms. The van der Waals surface area contributed by atoms with Gasteiger partial charge in [-0.1, -0.05) is 30.4 Å². The molecule has 3 N–H and O–H groups in total. The van der Waals surface area contributed by atoms with Gasteiger partial charge in [0.2, 0.25) is 0 Å². The molecule has 0 aromatic carbocycles. The maximum atomic E-state index is 5.37. The third kappa shape index (κ3) is 3.44. The number of nitrogens with one attached hydrogen (secondary N) is 1. The van der Waals surface area contributed by atoms with Crippen molar-refractivity contribution in [2.75, 3.05) is 7.05 Å². The molecule has 0 amide bonds. The maximum absolute atomic E-state index is 5.37. The minimum absolute atomic E-state index is 0.0127. The van der Waals surface area contributed by atoms with Gasteiger partial charge in [0.15, 0.2) is 0 Å². The van der Waals surface area contributed by atoms with Crippen molar-refractivity contribution in [3.05, 3.63) is 65.0 Å². The Hall–Kier alpha value is -2.09. The first-order valence-electron chi connectivity index (χ1n) is 6.45. The van der Waals surface area contributed by atoms with Gasteiger partial charge in [-0.2, -0.15) is 0 Å². The Morgan fingerprint density at radius 3 is 2.89 bits per heavy atom. The smallest absolute Gasteiger partial charge is 0.123 e. The Balaban J connectivity index is 2.18. The van der Waals surface area contributed by atoms with Crippen molar-refractivity contribution >= 4 is 6.34 Å². The number of allylic oxidation sites excluding steroid dienone is 8. The predicted octanol–water partition coefficient (Wildman–Crippen LogP) is 2.37. The van der Waals surface area contributed by atoms with Crippen LogP contribution >= 0.6 is 0 Å². The fraction of sp³-hybridized carbons (Fsp3) is 0.250. The number of rotatable bonds is 4. The quantitative estimate of drug-likeness (QED) is 0.459. The molecule has 0 spiro atoms. The number of likely N-dealkylation sites (N-methyl/N-ethyl adjacent to an activating group) is 1. The molecule has 0 aromatic rings. The van der Waals surface area contributed by atoms with Crippen molar-refractivity contribution in [1.29, 1.82) is 0 Å². The second-order valence-electron chi connectivity index (χ2n) is 4.41. The Morgan fingerprint density at radius 1 is 1.32 bits per heavy atom. The van der Waals surface area contributed by atoms with Crippen LogP contribution in [0, 0.1) is 0 Å². The normalized spacial score (nSPS) is 19.9. The fourth-order valence-corrected chi connectivity index (χ4v) is 2.22. The van der Waals surface area contributed by atoms with Gasteiger partial charge in [0.1, 0.15) is 6.17 Å². The van der Waals surface area contributed by atoms with Crippen LogP contribution in [0.3, 0.4) is 0 Å². The van der Waals surface area contributed by atoms with Crippen molar-refractivity contribution in [2.45, 2.75) is 19.0 Å². The number of aliphatic imine (C=N–C) groups is 1. The highest BCUT2D eigenvalue weighted by molar-refractivity contribution is 5.53. The van der Waals surface area contributed by atoms with E-state index in [0.717, 1.165) is 12.8 Å². The number of hydrogen-bond donors (Lipinski definition) is 2. The summed E-state index contributed by atoms with van der Waals surface area (Å²) in [6, 6.07) is 0. The van der Waals surface area contributed by atoms with Gasteiger partial charge < -0.3 is 5.73 Å². The molecule has 2 aliphatic carbocycles. The van der Waals surface area contributed by atoms with Crippen molar-refractivity contribution < 1.29 is 0 Å². The van der Waals surface area contributed by atoms with Crippen LogP contribution in [-0.4, -0.2) is 19.6 Å². The van der Waals surface area contributed by atoms with Crippen LogP contribution in [-0.2, 0) is 0 Å². The zero-order valence-corrected chi connectivity index (χ0v) is 11.1. The summed E-state index contributed by atoms with van der Waals surface area (Å²) < 4.78 is 0. The summed E-state index contributed by atoms with van der Waals surface area (Å²) in [7, 11) is 1.89. The van der Waals surface area contributed by atoms with Gasteiger partial charge in [0, 0.05) is 0 Å². The van der Waals surface area contributed by atoms with Crippen LogP contribution < -0.4 is 11.1 Å². The molecule has 0 saturated heterocycles. The van der Waals surface area contributed by atoms with Crippen LogP contribution in [0.4, 0.5) is 0 Å². The predicted molar refractivity (Wildman–Crippen MR) is 80.8 cm³/mol. The molecule has 0 aliphatic heterocycles. The number of nitrogens with two attached hydrogens (primary N) is 1. The van der Waals surface area contributed by atoms with E-state index in [1.165, 1.54) is 23.1 Å². The highest BCUT2D eigenvalue weighted by Crippen LogP contribution is 2.27. The minimum Gasteiger partial charge on any atom is -0.390 e. The summed E-state index contributed by atoms with van der Waals surface area (Å²) >= 11 is 0. The average molecular weight is 253 g/mol. The van der Waals surface area contributed by atoms with Crippen LogP contribution in [0.1, 0.15) is 12.8 Å². The van der Waals surface area contributed by atoms with Gasteiger partial charge >= 0.3 is 0 Å². The molecule has 2 rings (SSSR count). The van der Waals surface area contributed by atoms with Crippen LogP contribution in [0.5, 0.6) is 0 Å². The standard InChI is InChI=1S/C16H19N3/c1-18-16(19-12-17)15-10-8-14(9-11-15)13-6-4-2-3-5-7-13/h2-4,6-8,10,12,16,18H,9,11H2,1H3,(H2,17,19). The minimum atomic E-state index is -0.0127. The second-order valence-corrected chi connectivity index (χ2v) is 4.41. The van der Waals surface area contributed by atoms with E-state index in [1.54, 1.807) is 0 Å². The topological polar surface area (TPSA) is 50.4 Å². The molecule has 0 heterocycles. The monoisotopic (exact) mass is 253 g/mol. The first kappa shape index (κ1) is 13.3. The Bertz CT molecular complexity index is 538. The molecule has 3 heteroatoms. The van der Waals surface area contributed by atoms with E-state index in [2.05, 4.69) is 34.3 Å². The van der Waals surface area contributed by atoms with Gasteiger partial charge in [-0.3, -0.25) is 10.3 Å². The Labute approximate surface area is 114 Å². The fourth-order valence-electron chi connectivity index (χ4n) is 2.22. The lowest BCUT2D eigenvalue weighted by Crippen LogP contribution is -2.26. The molecule has 98 valence electrons. The maximum Gasteiger partial charge on any atom is 0.123 e. The summed E-state index contributed by atoms with van der Waals surface area (Å²) in [5.41, 5.74) is 12.3. The van der Waals surface area contributed by atoms with Gasteiger partial charge in [-0.15, -0.1) is 5.73 Å². The first-order chi connectivity index (χ1) is 9.35. The van der Waals surface area contributed by atoms with E-state index in [0.29, 0.717) is 0 Å². The summed E-state index contributed by atoms with van der Waals surface area (Å²) in [5, 5.41) is 3.15. The molecule has 0 fully saturated rings. The molecule has 3 nitrogen and oxygen atoms in total. The van der Waals surface area contributed by atoms with Crippen LogP contribution in [0.25, 0.3) is 0 Å². The summed E-state index contributed by atoms with van der Waals surface area (Å²) in [6.45, 7) is 0. The SMILES string of the molecule is CNC(N=CN)C1=CC=C(C2=CC=CC=C=C2)CC1. The molecule has 1 unspecified atom stereocenters. The van der Waals surface area contributed by atoms with Gasteiger partial charge in [0.25, 0.3) is 0 Å². The average Bonchev–Trinajstić information content (AvgIpc) is 2.74. The zero-order valence-electron chi connectivity index (χ0n) is 11.1. The number of nitrogens with zero attached hydrogens (tertiary/aromatic N) is 1. The van der Waals surface area contributed by atoms with Gasteiger partial charge in [-0.05, 0) is 48.8 Å². The Morgan fingerprint density at radius 2 is 2.21 bits per heavy atom. The molecular weight excluding hydrogens is 234 g/mol. The lowest BCUT2D eigenvalue weighted by Gasteiger charge is -2.20. The summed E-state index contributed by atoms with van der Waals surface area (Å²) in [4.78, 5) is 4.21. The lowest BCUT2D eigenvalue weighted by atomic mass is 9.91. The highest BCUT2D eigenvalue weighted by Gasteiger charge is 2.14. The molecule has 0 saturated carbocycles. The van der Waals surface area contributed by atoms with Gasteiger partial charge in [-0.25, -0.2) is 0 Å². The van der Waals surface area contributed by atoms with E-state index < -0.39 is 0 Å². The summed E-state index contributed by atoms with van der Waals surface area (Å²) in [5.74, 6) is 0. The first-order valence-corrected chi connectivity index (χ1v) is 6.45. The molecular formula is C16H19N3. The van der Waals surface area contributed by atoms with Crippen LogP contribution in [0.15, 0.2) is 70.0 Å². The second kappa shape index (κ2) is 6.74. The van der Waals surface area contributed by atoms with Crippen LogP contribution in [0.2, 0.25) is 0 Å². The molecule has 2 aliphatic rings. The third-order valence-electron chi connectivity index (χ3n) is 3.23. The van der Waals surface area contributed by atoms with E-state index in [-0.39, 0.29) is 6.17 Å². The largest absolute Gasteiger partial charge is 0.390 e. The van der Waals surface area contributed by atoms with Gasteiger partial charge in [0.05, 0.1) is 6.34 Å². The highest BCUT2D eigenvalue weighted by atomic mass is 15.1. The molecule has 19 heavy (non-hydrogen) atoms. The summed E-state index contributed by atoms with van der Waals surface area (Å²) in [6.07, 6.45) is 17.7. The molecule has 0 radical (unpaired) electrons. The van der Waals surface area contributed by atoms with E-state index in [1.807, 2.05) is 31.4 Å². The third-order valence-corrected chi connectivity index (χ3v) is 3.23. The molecule has 1 atom stereocenters. The van der Waals surface area contributed by atoms with E-state index in [4.69, 9.17) is 5.73 Å². The van der Waals surface area contributed by atoms with Crippen molar-refractivity contribution in [3.8, 4) is 0 Å². The lowest BCUT2D eigenvalue weighted by molar-refractivity contribution is 0.634. The zero-order chi connectivity index (χ0) is 13.5. The Kier molecular flexibility index (Phi) is 4.73. The van der Waals surface area contributed by atoms with E-state index in [9.17, 15) is 0 Å². The van der Waals surface area contributed by atoms with E-state index >= 15 is 0 Å². The van der Waals surface area contributed by atoms with Crippen molar-refractivity contribution in [3.63, 3.8) is 0 Å². The van der Waals surface area contributed by atoms with Crippen molar-refractivity contribution in [1.82, 2.24) is 5.32 Å².